The molecule has 2 aliphatic heterocycles. The Balaban J connectivity index is 1.86. The predicted octanol–water partition coefficient (Wildman–Crippen LogP) is 1.91. The number of benzene rings is 1. The molecular formula is C19H25N3O4. The molecule has 0 unspecified atom stereocenters. The van der Waals surface area contributed by atoms with E-state index < -0.39 is 6.04 Å². The van der Waals surface area contributed by atoms with Gasteiger partial charge in [0.05, 0.1) is 30.5 Å². The van der Waals surface area contributed by atoms with Crippen LogP contribution in [0.5, 0.6) is 5.75 Å². The molecule has 3 rings (SSSR count). The van der Waals surface area contributed by atoms with Gasteiger partial charge in [0, 0.05) is 27.3 Å². The molecular weight excluding hydrogens is 334 g/mol. The first-order valence-electron chi connectivity index (χ1n) is 8.85. The van der Waals surface area contributed by atoms with Gasteiger partial charge in [-0.05, 0) is 31.0 Å². The number of nitrogens with one attached hydrogen (secondary N) is 1. The van der Waals surface area contributed by atoms with Crippen molar-refractivity contribution in [1.82, 2.24) is 15.1 Å². The number of hydrogen-bond acceptors (Lipinski definition) is 4. The van der Waals surface area contributed by atoms with Crippen molar-refractivity contribution in [3.05, 3.63) is 41.1 Å². The quantitative estimate of drug-likeness (QED) is 0.755. The van der Waals surface area contributed by atoms with Gasteiger partial charge >= 0.3 is 6.03 Å². The molecule has 26 heavy (non-hydrogen) atoms. The van der Waals surface area contributed by atoms with Crippen LogP contribution in [0.15, 0.2) is 35.5 Å². The minimum absolute atomic E-state index is 0.0261. The number of carbonyl (C=O) groups is 2. The number of urea groups is 1. The molecule has 0 saturated heterocycles. The maximum atomic E-state index is 13.0. The van der Waals surface area contributed by atoms with Crippen LogP contribution in [0, 0.1) is 0 Å². The Morgan fingerprint density at radius 2 is 1.96 bits per heavy atom. The highest BCUT2D eigenvalue weighted by atomic mass is 16.5. The van der Waals surface area contributed by atoms with Crippen LogP contribution in [0.1, 0.15) is 24.9 Å². The van der Waals surface area contributed by atoms with Crippen molar-refractivity contribution in [2.75, 3.05) is 40.5 Å². The van der Waals surface area contributed by atoms with Gasteiger partial charge in [-0.25, -0.2) is 4.79 Å². The molecule has 0 radical (unpaired) electrons. The molecule has 1 aromatic carbocycles. The lowest BCUT2D eigenvalue weighted by Gasteiger charge is -2.31. The van der Waals surface area contributed by atoms with E-state index in [1.807, 2.05) is 31.2 Å². The first-order valence-corrected chi connectivity index (χ1v) is 8.85. The molecule has 1 aromatic rings. The summed E-state index contributed by atoms with van der Waals surface area (Å²) in [6.07, 6.45) is 0.765. The van der Waals surface area contributed by atoms with E-state index >= 15 is 0 Å². The van der Waals surface area contributed by atoms with Crippen LogP contribution in [0.25, 0.3) is 0 Å². The van der Waals surface area contributed by atoms with Crippen LogP contribution >= 0.6 is 0 Å². The molecule has 0 spiro atoms. The molecule has 7 nitrogen and oxygen atoms in total. The summed E-state index contributed by atoms with van der Waals surface area (Å²) in [7, 11) is 3.35. The standard InChI is InChI=1S/C19H25N3O4/c1-4-26-14-8-6-13(7-9-14)17-16-15(21(2)19(24)20-17)12-22(18(16)23)10-5-11-25-3/h6-9,17H,4-5,10-12H2,1-3H3,(H,20,24)/t17-/m1/s1. The summed E-state index contributed by atoms with van der Waals surface area (Å²) < 4.78 is 10.5. The van der Waals surface area contributed by atoms with E-state index in [0.717, 1.165) is 23.4 Å². The van der Waals surface area contributed by atoms with Gasteiger partial charge in [0.15, 0.2) is 0 Å². The fourth-order valence-corrected chi connectivity index (χ4v) is 3.38. The fraction of sp³-hybridized carbons (Fsp3) is 0.474. The Labute approximate surface area is 153 Å². The zero-order valence-corrected chi connectivity index (χ0v) is 15.4. The molecule has 0 fully saturated rings. The molecule has 2 aliphatic rings. The van der Waals surface area contributed by atoms with Crippen LogP contribution in [0.3, 0.4) is 0 Å². The normalized spacial score (nSPS) is 19.7. The van der Waals surface area contributed by atoms with E-state index in [1.165, 1.54) is 4.90 Å². The summed E-state index contributed by atoms with van der Waals surface area (Å²) in [6, 6.07) is 6.87. The average Bonchev–Trinajstić information content (AvgIpc) is 2.97. The van der Waals surface area contributed by atoms with Crippen LogP contribution in [-0.4, -0.2) is 62.2 Å². The topological polar surface area (TPSA) is 71.1 Å². The van der Waals surface area contributed by atoms with Gasteiger partial charge in [-0.15, -0.1) is 0 Å². The highest BCUT2D eigenvalue weighted by Gasteiger charge is 2.42. The summed E-state index contributed by atoms with van der Waals surface area (Å²) in [6.45, 7) is 4.18. The van der Waals surface area contributed by atoms with Gasteiger partial charge in [0.25, 0.3) is 5.91 Å². The van der Waals surface area contributed by atoms with Gasteiger partial charge in [-0.3, -0.25) is 9.69 Å². The van der Waals surface area contributed by atoms with E-state index in [9.17, 15) is 9.59 Å². The van der Waals surface area contributed by atoms with Crippen molar-refractivity contribution in [2.45, 2.75) is 19.4 Å². The molecule has 2 heterocycles. The van der Waals surface area contributed by atoms with E-state index in [0.29, 0.717) is 31.9 Å². The van der Waals surface area contributed by atoms with E-state index in [-0.39, 0.29) is 11.9 Å². The number of ether oxygens (including phenoxy) is 2. The highest BCUT2D eigenvalue weighted by Crippen LogP contribution is 2.36. The van der Waals surface area contributed by atoms with Gasteiger partial charge in [-0.2, -0.15) is 0 Å². The van der Waals surface area contributed by atoms with E-state index in [1.54, 1.807) is 19.1 Å². The second kappa shape index (κ2) is 7.78. The summed E-state index contributed by atoms with van der Waals surface area (Å²) in [4.78, 5) is 28.6. The van der Waals surface area contributed by atoms with Crippen molar-refractivity contribution in [3.8, 4) is 5.75 Å². The second-order valence-corrected chi connectivity index (χ2v) is 6.38. The molecule has 0 aliphatic carbocycles. The summed E-state index contributed by atoms with van der Waals surface area (Å²) >= 11 is 0. The third kappa shape index (κ3) is 3.39. The SMILES string of the molecule is CCOc1ccc([C@H]2NC(=O)N(C)C3=C2C(=O)N(CCCOC)C3)cc1. The number of nitrogens with zero attached hydrogens (tertiary/aromatic N) is 2. The number of methoxy groups -OCH3 is 1. The van der Waals surface area contributed by atoms with E-state index in [2.05, 4.69) is 5.32 Å². The summed E-state index contributed by atoms with van der Waals surface area (Å²) in [5.41, 5.74) is 2.29. The van der Waals surface area contributed by atoms with Crippen molar-refractivity contribution >= 4 is 11.9 Å². The lowest BCUT2D eigenvalue weighted by Crippen LogP contribution is -2.45. The molecule has 0 bridgehead atoms. The lowest BCUT2D eigenvalue weighted by molar-refractivity contribution is -0.125. The largest absolute Gasteiger partial charge is 0.494 e. The number of hydrogen-bond donors (Lipinski definition) is 1. The van der Waals surface area contributed by atoms with Gasteiger partial charge in [-0.1, -0.05) is 12.1 Å². The smallest absolute Gasteiger partial charge is 0.322 e. The molecule has 1 atom stereocenters. The first kappa shape index (κ1) is 18.3. The van der Waals surface area contributed by atoms with Crippen LogP contribution in [0.4, 0.5) is 4.79 Å². The van der Waals surface area contributed by atoms with Gasteiger partial charge in [0.2, 0.25) is 0 Å². The Kier molecular flexibility index (Phi) is 5.46. The first-order chi connectivity index (χ1) is 12.6. The van der Waals surface area contributed by atoms with Crippen LogP contribution in [-0.2, 0) is 9.53 Å². The molecule has 0 aromatic heterocycles. The highest BCUT2D eigenvalue weighted by molar-refractivity contribution is 6.01. The monoisotopic (exact) mass is 359 g/mol. The Hall–Kier alpha value is -2.54. The number of likely N-dealkylation sites (N-methyl/N-ethyl adjacent to an activating group) is 1. The van der Waals surface area contributed by atoms with Crippen LogP contribution in [0.2, 0.25) is 0 Å². The third-order valence-electron chi connectivity index (χ3n) is 4.74. The molecule has 140 valence electrons. The summed E-state index contributed by atoms with van der Waals surface area (Å²) in [5.74, 6) is 0.741. The molecule has 7 heteroatoms. The zero-order valence-electron chi connectivity index (χ0n) is 15.4. The molecule has 0 saturated carbocycles. The Morgan fingerprint density at radius 1 is 1.23 bits per heavy atom. The van der Waals surface area contributed by atoms with Crippen molar-refractivity contribution in [1.29, 1.82) is 0 Å². The minimum Gasteiger partial charge on any atom is -0.494 e. The molecule has 3 amide bonds. The van der Waals surface area contributed by atoms with E-state index in [4.69, 9.17) is 9.47 Å². The summed E-state index contributed by atoms with van der Waals surface area (Å²) in [5, 5.41) is 2.94. The van der Waals surface area contributed by atoms with Crippen molar-refractivity contribution in [2.24, 2.45) is 0 Å². The minimum atomic E-state index is -0.440. The molecule has 1 N–H and O–H groups in total. The Bertz CT molecular complexity index is 714. The van der Waals surface area contributed by atoms with Crippen molar-refractivity contribution < 1.29 is 19.1 Å². The van der Waals surface area contributed by atoms with Gasteiger partial charge < -0.3 is 19.7 Å². The van der Waals surface area contributed by atoms with Crippen molar-refractivity contribution in [3.63, 3.8) is 0 Å². The third-order valence-corrected chi connectivity index (χ3v) is 4.74. The Morgan fingerprint density at radius 3 is 2.62 bits per heavy atom. The zero-order chi connectivity index (χ0) is 18.7. The van der Waals surface area contributed by atoms with Crippen LogP contribution < -0.4 is 10.1 Å². The number of amides is 3. The maximum Gasteiger partial charge on any atom is 0.322 e. The number of carbonyl (C=O) groups excluding carboxylic acids is 2. The maximum absolute atomic E-state index is 13.0. The second-order valence-electron chi connectivity index (χ2n) is 6.38. The predicted molar refractivity (Wildman–Crippen MR) is 96.7 cm³/mol. The number of rotatable bonds is 7. The average molecular weight is 359 g/mol. The lowest BCUT2D eigenvalue weighted by atomic mass is 9.95. The van der Waals surface area contributed by atoms with Gasteiger partial charge in [0.1, 0.15) is 5.75 Å². The fourth-order valence-electron chi connectivity index (χ4n) is 3.38.